The molecule has 12 bridgehead atoms. The van der Waals surface area contributed by atoms with Gasteiger partial charge in [-0.15, -0.1) is 0 Å². The fraction of sp³-hybridized carbons (Fsp3) is 0.429. The molecule has 46 heavy (non-hydrogen) atoms. The van der Waals surface area contributed by atoms with Gasteiger partial charge in [-0.2, -0.15) is 0 Å². The Morgan fingerprint density at radius 3 is 0.652 bits per heavy atom. The van der Waals surface area contributed by atoms with Crippen LogP contribution in [-0.2, 0) is 52.4 Å². The van der Waals surface area contributed by atoms with E-state index in [0.717, 1.165) is 78.5 Å². The van der Waals surface area contributed by atoms with E-state index >= 15 is 0 Å². The van der Waals surface area contributed by atoms with Crippen molar-refractivity contribution in [1.82, 2.24) is 19.6 Å². The van der Waals surface area contributed by atoms with Gasteiger partial charge >= 0.3 is 0 Å². The average molecular weight is 613 g/mol. The lowest BCUT2D eigenvalue weighted by Crippen LogP contribution is -2.28. The first-order valence-electron chi connectivity index (χ1n) is 17.9. The molecular formula is C42H52N4. The number of nitrogens with zero attached hydrogens (tertiary/aromatic N) is 4. The first kappa shape index (κ1) is 31.3. The fourth-order valence-electron chi connectivity index (χ4n) is 7.92. The number of hydrogen-bond acceptors (Lipinski definition) is 4. The standard InChI is InChI=1S/C42H52N4/c1-3-19-43-27-35-11-7-15-39(23-35)31-45-21-5-2-6-22-46(32-40-16-8-12-36(24-40)28-43)34-42-18-10-14-38(26-42)30-44(20-4-1)29-37-13-9-17-41(25-37)33-45/h7-18,23-26H,1-6,19-22,27-34H2. The van der Waals surface area contributed by atoms with Crippen LogP contribution in [0.25, 0.3) is 0 Å². The molecule has 0 fully saturated rings. The third-order valence-corrected chi connectivity index (χ3v) is 10.1. The Labute approximate surface area is 277 Å². The summed E-state index contributed by atoms with van der Waals surface area (Å²) >= 11 is 0. The highest BCUT2D eigenvalue weighted by atomic mass is 15.1. The lowest BCUT2D eigenvalue weighted by molar-refractivity contribution is 0.226. The fourth-order valence-corrected chi connectivity index (χ4v) is 7.92. The molecule has 4 heterocycles. The van der Waals surface area contributed by atoms with Crippen molar-refractivity contribution in [3.05, 3.63) is 142 Å². The van der Waals surface area contributed by atoms with Crippen LogP contribution in [0.3, 0.4) is 0 Å². The van der Waals surface area contributed by atoms with E-state index in [1.165, 1.54) is 83.0 Å². The minimum absolute atomic E-state index is 1.01. The SMILES string of the molecule is c1cc2cc(c1)CN1CCCCCN3Cc4cccc(c4)CN(CCCCCN(Cc4cccc(c4)C1)Cc1cccc(c1)C3)C2. The molecule has 4 aromatic rings. The smallest absolute Gasteiger partial charge is 0.0237 e. The Bertz CT molecular complexity index is 1250. The van der Waals surface area contributed by atoms with Gasteiger partial charge in [0.2, 0.25) is 0 Å². The van der Waals surface area contributed by atoms with Crippen LogP contribution in [0.1, 0.15) is 83.0 Å². The molecule has 0 amide bonds. The summed E-state index contributed by atoms with van der Waals surface area (Å²) in [4.78, 5) is 10.8. The summed E-state index contributed by atoms with van der Waals surface area (Å²) < 4.78 is 0. The predicted molar refractivity (Wildman–Crippen MR) is 190 cm³/mol. The zero-order valence-electron chi connectivity index (χ0n) is 27.8. The van der Waals surface area contributed by atoms with Crippen LogP contribution in [0.2, 0.25) is 0 Å². The molecule has 4 nitrogen and oxygen atoms in total. The van der Waals surface area contributed by atoms with Crippen LogP contribution >= 0.6 is 0 Å². The average Bonchev–Trinajstić information content (AvgIpc) is 3.04. The molecule has 4 aliphatic rings. The highest BCUT2D eigenvalue weighted by Crippen LogP contribution is 2.22. The quantitative estimate of drug-likeness (QED) is 0.198. The van der Waals surface area contributed by atoms with Crippen LogP contribution in [-0.4, -0.2) is 45.8 Å². The third kappa shape index (κ3) is 8.95. The Morgan fingerprint density at radius 1 is 0.261 bits per heavy atom. The molecule has 4 heteroatoms. The van der Waals surface area contributed by atoms with Gasteiger partial charge in [0.1, 0.15) is 0 Å². The zero-order chi connectivity index (χ0) is 31.0. The van der Waals surface area contributed by atoms with Crippen molar-refractivity contribution in [3.8, 4) is 0 Å². The minimum Gasteiger partial charge on any atom is -0.295 e. The second-order valence-electron chi connectivity index (χ2n) is 14.2. The van der Waals surface area contributed by atoms with Gasteiger partial charge in [0, 0.05) is 52.4 Å². The van der Waals surface area contributed by atoms with E-state index in [-0.39, 0.29) is 0 Å². The van der Waals surface area contributed by atoms with Crippen LogP contribution < -0.4 is 0 Å². The van der Waals surface area contributed by atoms with Gasteiger partial charge in [-0.3, -0.25) is 19.6 Å². The van der Waals surface area contributed by atoms with E-state index in [4.69, 9.17) is 0 Å². The number of benzene rings is 4. The summed E-state index contributed by atoms with van der Waals surface area (Å²) in [5.74, 6) is 0. The molecule has 0 unspecified atom stereocenters. The maximum absolute atomic E-state index is 2.70. The summed E-state index contributed by atoms with van der Waals surface area (Å²) in [6, 6.07) is 37.9. The van der Waals surface area contributed by atoms with Gasteiger partial charge in [-0.05, 0) is 96.4 Å². The normalized spacial score (nSPS) is 24.7. The molecule has 0 radical (unpaired) electrons. The second kappa shape index (κ2) is 15.5. The summed E-state index contributed by atoms with van der Waals surface area (Å²) in [5, 5.41) is 0. The predicted octanol–water partition coefficient (Wildman–Crippen LogP) is 8.38. The van der Waals surface area contributed by atoms with E-state index in [1.807, 2.05) is 0 Å². The van der Waals surface area contributed by atoms with Gasteiger partial charge in [0.25, 0.3) is 0 Å². The van der Waals surface area contributed by atoms with Gasteiger partial charge in [0.15, 0.2) is 0 Å². The number of rotatable bonds is 0. The highest BCUT2D eigenvalue weighted by molar-refractivity contribution is 5.28. The van der Waals surface area contributed by atoms with Crippen molar-refractivity contribution >= 4 is 0 Å². The van der Waals surface area contributed by atoms with Gasteiger partial charge in [0.05, 0.1) is 0 Å². The maximum atomic E-state index is 2.70. The summed E-state index contributed by atoms with van der Waals surface area (Å²) in [6.45, 7) is 12.6. The maximum Gasteiger partial charge on any atom is 0.0237 e. The van der Waals surface area contributed by atoms with Crippen molar-refractivity contribution in [1.29, 1.82) is 0 Å². The number of fused-ring (bicyclic) bond motifs is 8. The number of hydrogen-bond donors (Lipinski definition) is 0. The topological polar surface area (TPSA) is 13.0 Å². The van der Waals surface area contributed by atoms with E-state index in [9.17, 15) is 0 Å². The van der Waals surface area contributed by atoms with Gasteiger partial charge in [-0.1, -0.05) is 110 Å². The molecule has 0 aromatic heterocycles. The zero-order valence-corrected chi connectivity index (χ0v) is 27.8. The lowest BCUT2D eigenvalue weighted by Gasteiger charge is -2.28. The van der Waals surface area contributed by atoms with Crippen molar-refractivity contribution in [2.45, 2.75) is 90.9 Å². The Kier molecular flexibility index (Phi) is 10.6. The largest absolute Gasteiger partial charge is 0.295 e. The van der Waals surface area contributed by atoms with Crippen molar-refractivity contribution in [3.63, 3.8) is 0 Å². The Morgan fingerprint density at radius 2 is 0.457 bits per heavy atom. The van der Waals surface area contributed by atoms with Crippen molar-refractivity contribution in [2.75, 3.05) is 26.2 Å². The molecule has 0 N–H and O–H groups in total. The minimum atomic E-state index is 1.01. The molecule has 4 aromatic carbocycles. The summed E-state index contributed by atoms with van der Waals surface area (Å²) in [6.07, 6.45) is 7.47. The second-order valence-corrected chi connectivity index (χ2v) is 14.2. The molecule has 0 atom stereocenters. The Balaban J connectivity index is 1.31. The summed E-state index contributed by atoms with van der Waals surface area (Å²) in [7, 11) is 0. The molecule has 0 saturated heterocycles. The van der Waals surface area contributed by atoms with Gasteiger partial charge < -0.3 is 0 Å². The monoisotopic (exact) mass is 612 g/mol. The molecule has 0 spiro atoms. The van der Waals surface area contributed by atoms with Crippen LogP contribution in [0.4, 0.5) is 0 Å². The molecule has 240 valence electrons. The lowest BCUT2D eigenvalue weighted by atomic mass is 10.0. The molecule has 8 rings (SSSR count). The van der Waals surface area contributed by atoms with Gasteiger partial charge in [-0.25, -0.2) is 0 Å². The molecular weight excluding hydrogens is 560 g/mol. The first-order valence-corrected chi connectivity index (χ1v) is 17.9. The van der Waals surface area contributed by atoms with Crippen molar-refractivity contribution in [2.24, 2.45) is 0 Å². The van der Waals surface area contributed by atoms with Crippen LogP contribution in [0, 0.1) is 0 Å². The first-order chi connectivity index (χ1) is 22.7. The van der Waals surface area contributed by atoms with Crippen LogP contribution in [0.15, 0.2) is 97.1 Å². The summed E-state index contributed by atoms with van der Waals surface area (Å²) in [5.41, 5.74) is 11.5. The Hall–Kier alpha value is -3.28. The molecule has 4 aliphatic heterocycles. The molecule has 0 saturated carbocycles. The third-order valence-electron chi connectivity index (χ3n) is 10.1. The van der Waals surface area contributed by atoms with Crippen molar-refractivity contribution < 1.29 is 0 Å². The van der Waals surface area contributed by atoms with E-state index in [0.29, 0.717) is 0 Å². The van der Waals surface area contributed by atoms with E-state index < -0.39 is 0 Å². The highest BCUT2D eigenvalue weighted by Gasteiger charge is 2.16. The van der Waals surface area contributed by atoms with E-state index in [2.05, 4.69) is 117 Å². The van der Waals surface area contributed by atoms with E-state index in [1.54, 1.807) is 0 Å². The van der Waals surface area contributed by atoms with Crippen LogP contribution in [0.5, 0.6) is 0 Å². The molecule has 0 aliphatic carbocycles.